The minimum atomic E-state index is -5.04. The fraction of sp³-hybridized carbons (Fsp3) is 0.278. The Morgan fingerprint density at radius 1 is 1.09 bits per heavy atom. The first-order valence-electron chi connectivity index (χ1n) is 8.58. The monoisotopic (exact) mass is 505 g/mol. The maximum Gasteiger partial charge on any atom is 0.573 e. The van der Waals surface area contributed by atoms with Gasteiger partial charge in [-0.1, -0.05) is 34.4 Å². The van der Waals surface area contributed by atoms with E-state index in [2.05, 4.69) is 15.2 Å². The molecule has 0 radical (unpaired) electrons. The maximum absolute atomic E-state index is 14.0. The van der Waals surface area contributed by atoms with Gasteiger partial charge in [0.15, 0.2) is 11.7 Å². The lowest BCUT2D eigenvalue weighted by Gasteiger charge is -2.29. The number of nitrogens with one attached hydrogen (secondary N) is 1. The molecule has 0 bridgehead atoms. The molecule has 32 heavy (non-hydrogen) atoms. The fourth-order valence-corrected chi connectivity index (χ4v) is 3.43. The van der Waals surface area contributed by atoms with Crippen molar-refractivity contribution in [1.29, 1.82) is 0 Å². The molecule has 0 aromatic heterocycles. The van der Waals surface area contributed by atoms with Gasteiger partial charge in [0, 0.05) is 29.4 Å². The SMILES string of the molecule is NCc1ccc(NC2=NOC(c3cc(Cl)c(F)c(Cl)c3)(C(F)(F)F)C2)cc1OC(F)(F)F. The second-order valence-electron chi connectivity index (χ2n) is 6.58. The lowest BCUT2D eigenvalue weighted by atomic mass is 9.89. The number of nitrogens with zero attached hydrogens (tertiary/aromatic N) is 1. The van der Waals surface area contributed by atoms with E-state index in [1.165, 1.54) is 12.1 Å². The second kappa shape index (κ2) is 8.49. The number of halogens is 9. The first-order valence-corrected chi connectivity index (χ1v) is 9.34. The summed E-state index contributed by atoms with van der Waals surface area (Å²) >= 11 is 11.2. The van der Waals surface area contributed by atoms with Crippen LogP contribution in [0.15, 0.2) is 35.5 Å². The predicted molar refractivity (Wildman–Crippen MR) is 102 cm³/mol. The summed E-state index contributed by atoms with van der Waals surface area (Å²) in [5.41, 5.74) is 1.65. The topological polar surface area (TPSA) is 68.9 Å². The standard InChI is InChI=1S/C18H12Cl2F7N3O2/c19-11-3-9(4-12(20)15(11)21)16(17(22,23)24)6-14(30-32-16)29-10-2-1-8(7-28)13(5-10)31-18(25,26)27/h1-5H,6-7,28H2,(H,29,30). The van der Waals surface area contributed by atoms with Crippen molar-refractivity contribution in [3.05, 3.63) is 57.3 Å². The average molecular weight is 506 g/mol. The number of ether oxygens (including phenoxy) is 1. The van der Waals surface area contributed by atoms with Crippen molar-refractivity contribution in [2.24, 2.45) is 10.9 Å². The van der Waals surface area contributed by atoms with Crippen molar-refractivity contribution < 1.29 is 40.3 Å². The number of anilines is 1. The number of nitrogens with two attached hydrogens (primary N) is 1. The molecular formula is C18H12Cl2F7N3O2. The van der Waals surface area contributed by atoms with Gasteiger partial charge >= 0.3 is 12.5 Å². The van der Waals surface area contributed by atoms with Crippen LogP contribution >= 0.6 is 23.2 Å². The summed E-state index contributed by atoms with van der Waals surface area (Å²) in [6, 6.07) is 4.79. The van der Waals surface area contributed by atoms with E-state index in [0.717, 1.165) is 6.07 Å². The molecule has 1 atom stereocenters. The molecule has 3 rings (SSSR count). The molecule has 0 fully saturated rings. The molecule has 0 amide bonds. The molecule has 0 saturated heterocycles. The lowest BCUT2D eigenvalue weighted by molar-refractivity contribution is -0.276. The second-order valence-corrected chi connectivity index (χ2v) is 7.40. The van der Waals surface area contributed by atoms with Gasteiger partial charge in [-0.15, -0.1) is 13.2 Å². The van der Waals surface area contributed by atoms with Crippen molar-refractivity contribution in [2.45, 2.75) is 31.1 Å². The molecule has 0 spiro atoms. The van der Waals surface area contributed by atoms with Gasteiger partial charge < -0.3 is 20.6 Å². The largest absolute Gasteiger partial charge is 0.573 e. The Labute approximate surface area is 185 Å². The van der Waals surface area contributed by atoms with E-state index in [9.17, 15) is 30.7 Å². The lowest BCUT2D eigenvalue weighted by Crippen LogP contribution is -2.43. The Balaban J connectivity index is 1.91. The van der Waals surface area contributed by atoms with Crippen molar-refractivity contribution >= 4 is 34.7 Å². The summed E-state index contributed by atoms with van der Waals surface area (Å²) < 4.78 is 97.3. The van der Waals surface area contributed by atoms with Crippen LogP contribution in [0.5, 0.6) is 5.75 Å². The Bertz CT molecular complexity index is 1040. The normalized spacial score (nSPS) is 18.9. The van der Waals surface area contributed by atoms with Crippen LogP contribution in [-0.4, -0.2) is 18.4 Å². The van der Waals surface area contributed by atoms with E-state index < -0.39 is 51.7 Å². The van der Waals surface area contributed by atoms with E-state index in [4.69, 9.17) is 33.8 Å². The molecule has 3 N–H and O–H groups in total. The van der Waals surface area contributed by atoms with Gasteiger partial charge in [-0.3, -0.25) is 0 Å². The number of hydrogen-bond acceptors (Lipinski definition) is 5. The van der Waals surface area contributed by atoms with Gasteiger partial charge in [0.05, 0.1) is 16.5 Å². The predicted octanol–water partition coefficient (Wildman–Crippen LogP) is 6.09. The zero-order chi connectivity index (χ0) is 23.9. The summed E-state index contributed by atoms with van der Waals surface area (Å²) in [6.07, 6.45) is -11.0. The number of oxime groups is 1. The van der Waals surface area contributed by atoms with Crippen molar-refractivity contribution in [2.75, 3.05) is 5.32 Å². The Hall–Kier alpha value is -2.44. The molecular weight excluding hydrogens is 494 g/mol. The van der Waals surface area contributed by atoms with Crippen molar-refractivity contribution in [1.82, 2.24) is 0 Å². The van der Waals surface area contributed by atoms with E-state index >= 15 is 0 Å². The van der Waals surface area contributed by atoms with Crippen LogP contribution in [0.3, 0.4) is 0 Å². The van der Waals surface area contributed by atoms with Crippen LogP contribution in [0.4, 0.5) is 36.4 Å². The molecule has 14 heteroatoms. The summed E-state index contributed by atoms with van der Waals surface area (Å²) in [4.78, 5) is 4.71. The van der Waals surface area contributed by atoms with Gasteiger partial charge in [0.2, 0.25) is 0 Å². The minimum Gasteiger partial charge on any atom is -0.405 e. The highest BCUT2D eigenvalue weighted by atomic mass is 35.5. The molecule has 5 nitrogen and oxygen atoms in total. The third-order valence-corrected chi connectivity index (χ3v) is 4.99. The summed E-state index contributed by atoms with van der Waals surface area (Å²) in [5, 5.41) is 4.51. The molecule has 1 unspecified atom stereocenters. The zero-order valence-corrected chi connectivity index (χ0v) is 17.1. The Kier molecular flexibility index (Phi) is 6.42. The van der Waals surface area contributed by atoms with Gasteiger partial charge in [0.25, 0.3) is 5.60 Å². The highest BCUT2D eigenvalue weighted by Gasteiger charge is 2.62. The third-order valence-electron chi connectivity index (χ3n) is 4.44. The van der Waals surface area contributed by atoms with Gasteiger partial charge in [-0.25, -0.2) is 4.39 Å². The van der Waals surface area contributed by atoms with Crippen LogP contribution < -0.4 is 15.8 Å². The van der Waals surface area contributed by atoms with E-state index in [-0.39, 0.29) is 23.6 Å². The molecule has 1 aliphatic rings. The van der Waals surface area contributed by atoms with Crippen LogP contribution in [-0.2, 0) is 17.0 Å². The molecule has 1 heterocycles. The van der Waals surface area contributed by atoms with Crippen LogP contribution in [0.25, 0.3) is 0 Å². The highest BCUT2D eigenvalue weighted by Crippen LogP contribution is 2.49. The number of alkyl halides is 6. The van der Waals surface area contributed by atoms with Crippen LogP contribution in [0, 0.1) is 5.82 Å². The number of benzene rings is 2. The van der Waals surface area contributed by atoms with Gasteiger partial charge in [-0.05, 0) is 18.2 Å². The quantitative estimate of drug-likeness (QED) is 0.389. The molecule has 0 aliphatic carbocycles. The zero-order valence-electron chi connectivity index (χ0n) is 15.5. The number of amidine groups is 1. The molecule has 2 aromatic carbocycles. The molecule has 0 saturated carbocycles. The molecule has 2 aromatic rings. The van der Waals surface area contributed by atoms with E-state index in [1.807, 2.05) is 0 Å². The Morgan fingerprint density at radius 2 is 1.72 bits per heavy atom. The smallest absolute Gasteiger partial charge is 0.405 e. The maximum atomic E-state index is 14.0. The van der Waals surface area contributed by atoms with Crippen LogP contribution in [0.1, 0.15) is 17.5 Å². The van der Waals surface area contributed by atoms with E-state index in [1.54, 1.807) is 0 Å². The molecule has 174 valence electrons. The van der Waals surface area contributed by atoms with E-state index in [0.29, 0.717) is 12.1 Å². The van der Waals surface area contributed by atoms with Gasteiger partial charge in [0.1, 0.15) is 5.75 Å². The molecule has 1 aliphatic heterocycles. The first-order chi connectivity index (χ1) is 14.8. The third kappa shape index (κ3) is 4.81. The number of hydrogen-bond donors (Lipinski definition) is 2. The number of rotatable bonds is 4. The van der Waals surface area contributed by atoms with Crippen LogP contribution in [0.2, 0.25) is 10.0 Å². The van der Waals surface area contributed by atoms with Crippen molar-refractivity contribution in [3.63, 3.8) is 0 Å². The fourth-order valence-electron chi connectivity index (χ4n) is 2.95. The average Bonchev–Trinajstić information content (AvgIpc) is 3.10. The summed E-state index contributed by atoms with van der Waals surface area (Å²) in [7, 11) is 0. The minimum absolute atomic E-state index is 0.0118. The summed E-state index contributed by atoms with van der Waals surface area (Å²) in [6.45, 7) is -0.279. The highest BCUT2D eigenvalue weighted by molar-refractivity contribution is 6.35. The summed E-state index contributed by atoms with van der Waals surface area (Å²) in [5.74, 6) is -2.12. The van der Waals surface area contributed by atoms with Gasteiger partial charge in [-0.2, -0.15) is 13.2 Å². The Morgan fingerprint density at radius 3 is 2.25 bits per heavy atom. The van der Waals surface area contributed by atoms with Crippen molar-refractivity contribution in [3.8, 4) is 5.75 Å². The first kappa shape index (κ1) is 24.2.